The van der Waals surface area contributed by atoms with Gasteiger partial charge in [0.05, 0.1) is 6.54 Å². The zero-order chi connectivity index (χ0) is 13.5. The molecule has 4 nitrogen and oxygen atoms in total. The summed E-state index contributed by atoms with van der Waals surface area (Å²) in [6.07, 6.45) is 3.57. The number of likely N-dealkylation sites (tertiary alicyclic amines) is 1. The van der Waals surface area contributed by atoms with Gasteiger partial charge in [0.2, 0.25) is 5.91 Å². The van der Waals surface area contributed by atoms with Crippen molar-refractivity contribution in [1.29, 1.82) is 0 Å². The molecular weight excluding hydrogens is 226 g/mol. The Bertz CT molecular complexity index is 255. The highest BCUT2D eigenvalue weighted by atomic mass is 16.2. The molecule has 18 heavy (non-hydrogen) atoms. The molecule has 0 saturated carbocycles. The Morgan fingerprint density at radius 3 is 2.78 bits per heavy atom. The van der Waals surface area contributed by atoms with Crippen molar-refractivity contribution in [2.75, 3.05) is 26.2 Å². The van der Waals surface area contributed by atoms with Crippen LogP contribution in [-0.2, 0) is 4.79 Å². The summed E-state index contributed by atoms with van der Waals surface area (Å²) in [5, 5.41) is 2.98. The van der Waals surface area contributed by atoms with Crippen LogP contribution < -0.4 is 11.1 Å². The minimum atomic E-state index is 0.136. The largest absolute Gasteiger partial charge is 0.355 e. The number of carbonyl (C=O) groups is 1. The van der Waals surface area contributed by atoms with Gasteiger partial charge in [-0.2, -0.15) is 0 Å². The first-order chi connectivity index (χ1) is 8.56. The maximum absolute atomic E-state index is 11.8. The van der Waals surface area contributed by atoms with Gasteiger partial charge in [-0.15, -0.1) is 0 Å². The number of amides is 1. The van der Waals surface area contributed by atoms with Gasteiger partial charge in [0, 0.05) is 19.1 Å². The fraction of sp³-hybridized carbons (Fsp3) is 0.929. The van der Waals surface area contributed by atoms with Crippen LogP contribution >= 0.6 is 0 Å². The Balaban J connectivity index is 2.38. The van der Waals surface area contributed by atoms with Crippen molar-refractivity contribution in [2.45, 2.75) is 46.1 Å². The fourth-order valence-electron chi connectivity index (χ4n) is 2.57. The van der Waals surface area contributed by atoms with Crippen LogP contribution in [0, 0.1) is 11.8 Å². The molecule has 0 bridgehead atoms. The Morgan fingerprint density at radius 2 is 2.22 bits per heavy atom. The second kappa shape index (κ2) is 7.74. The zero-order valence-electron chi connectivity index (χ0n) is 12.1. The van der Waals surface area contributed by atoms with Crippen molar-refractivity contribution in [1.82, 2.24) is 10.2 Å². The smallest absolute Gasteiger partial charge is 0.234 e. The summed E-state index contributed by atoms with van der Waals surface area (Å²) in [6, 6.07) is 0.383. The highest BCUT2D eigenvalue weighted by molar-refractivity contribution is 5.78. The van der Waals surface area contributed by atoms with Gasteiger partial charge in [0.25, 0.3) is 0 Å². The molecule has 0 aromatic heterocycles. The summed E-state index contributed by atoms with van der Waals surface area (Å²) in [5.41, 5.74) is 5.84. The number of nitrogens with two attached hydrogens (primary N) is 1. The summed E-state index contributed by atoms with van der Waals surface area (Å²) < 4.78 is 0. The number of piperidine rings is 1. The Hall–Kier alpha value is -0.610. The molecule has 1 aliphatic heterocycles. The van der Waals surface area contributed by atoms with Crippen LogP contribution in [-0.4, -0.2) is 43.0 Å². The Labute approximate surface area is 111 Å². The molecule has 0 aromatic rings. The molecule has 1 fully saturated rings. The third-order valence-electron chi connectivity index (χ3n) is 3.85. The molecule has 2 atom stereocenters. The minimum Gasteiger partial charge on any atom is -0.355 e. The van der Waals surface area contributed by atoms with Crippen molar-refractivity contribution in [2.24, 2.45) is 17.6 Å². The lowest BCUT2D eigenvalue weighted by atomic mass is 9.89. The molecule has 106 valence electrons. The van der Waals surface area contributed by atoms with Gasteiger partial charge in [0.15, 0.2) is 0 Å². The van der Waals surface area contributed by atoms with Crippen LogP contribution in [0.15, 0.2) is 0 Å². The first-order valence-electron chi connectivity index (χ1n) is 7.27. The molecule has 3 N–H and O–H groups in total. The van der Waals surface area contributed by atoms with Crippen molar-refractivity contribution in [3.63, 3.8) is 0 Å². The summed E-state index contributed by atoms with van der Waals surface area (Å²) in [7, 11) is 0. The van der Waals surface area contributed by atoms with Crippen molar-refractivity contribution < 1.29 is 4.79 Å². The van der Waals surface area contributed by atoms with Crippen LogP contribution in [0.5, 0.6) is 0 Å². The number of hydrogen-bond donors (Lipinski definition) is 2. The number of nitrogens with one attached hydrogen (secondary N) is 1. The molecule has 1 aliphatic rings. The third-order valence-corrected chi connectivity index (χ3v) is 3.85. The molecule has 1 amide bonds. The average molecular weight is 255 g/mol. The number of hydrogen-bond acceptors (Lipinski definition) is 3. The van der Waals surface area contributed by atoms with Gasteiger partial charge in [-0.1, -0.05) is 27.2 Å². The molecule has 0 aliphatic carbocycles. The first kappa shape index (κ1) is 15.4. The Kier molecular flexibility index (Phi) is 6.65. The third kappa shape index (κ3) is 4.94. The highest BCUT2D eigenvalue weighted by Gasteiger charge is 2.27. The molecule has 2 unspecified atom stereocenters. The van der Waals surface area contributed by atoms with Crippen LogP contribution in [0.2, 0.25) is 0 Å². The predicted octanol–water partition coefficient (Wildman–Crippen LogP) is 1.21. The molecular formula is C14H29N3O. The van der Waals surface area contributed by atoms with E-state index in [1.165, 1.54) is 12.8 Å². The van der Waals surface area contributed by atoms with Gasteiger partial charge in [-0.25, -0.2) is 0 Å². The summed E-state index contributed by atoms with van der Waals surface area (Å²) in [6.45, 7) is 9.39. The Morgan fingerprint density at radius 1 is 1.50 bits per heavy atom. The van der Waals surface area contributed by atoms with E-state index in [-0.39, 0.29) is 5.91 Å². The van der Waals surface area contributed by atoms with E-state index in [9.17, 15) is 4.79 Å². The number of carbonyl (C=O) groups excluding carboxylic acids is 1. The normalized spacial score (nSPS) is 25.4. The SMILES string of the molecule is CCC1CCN(CC(=O)NCC(C)C)C(CN)C1. The summed E-state index contributed by atoms with van der Waals surface area (Å²) in [5.74, 6) is 1.43. The number of rotatable bonds is 6. The summed E-state index contributed by atoms with van der Waals surface area (Å²) >= 11 is 0. The quantitative estimate of drug-likeness (QED) is 0.750. The van der Waals surface area contributed by atoms with Crippen molar-refractivity contribution in [3.05, 3.63) is 0 Å². The average Bonchev–Trinajstić information content (AvgIpc) is 2.36. The van der Waals surface area contributed by atoms with Gasteiger partial charge in [0.1, 0.15) is 0 Å². The molecule has 1 rings (SSSR count). The van der Waals surface area contributed by atoms with Crippen LogP contribution in [0.1, 0.15) is 40.0 Å². The predicted molar refractivity (Wildman–Crippen MR) is 75.3 cm³/mol. The molecule has 0 radical (unpaired) electrons. The number of nitrogens with zero attached hydrogens (tertiary/aromatic N) is 1. The van der Waals surface area contributed by atoms with E-state index in [2.05, 4.69) is 31.0 Å². The lowest BCUT2D eigenvalue weighted by molar-refractivity contribution is -0.123. The van der Waals surface area contributed by atoms with E-state index in [0.717, 1.165) is 25.4 Å². The molecule has 0 aromatic carbocycles. The van der Waals surface area contributed by atoms with E-state index >= 15 is 0 Å². The fourth-order valence-corrected chi connectivity index (χ4v) is 2.57. The maximum Gasteiger partial charge on any atom is 0.234 e. The van der Waals surface area contributed by atoms with Gasteiger partial charge >= 0.3 is 0 Å². The van der Waals surface area contributed by atoms with Crippen LogP contribution in [0.3, 0.4) is 0 Å². The van der Waals surface area contributed by atoms with Gasteiger partial charge < -0.3 is 11.1 Å². The van der Waals surface area contributed by atoms with E-state index in [0.29, 0.717) is 25.0 Å². The van der Waals surface area contributed by atoms with Crippen molar-refractivity contribution in [3.8, 4) is 0 Å². The zero-order valence-corrected chi connectivity index (χ0v) is 12.1. The highest BCUT2D eigenvalue weighted by Crippen LogP contribution is 2.24. The lowest BCUT2D eigenvalue weighted by Gasteiger charge is -2.38. The lowest BCUT2D eigenvalue weighted by Crippen LogP contribution is -2.50. The second-order valence-corrected chi connectivity index (χ2v) is 5.86. The van der Waals surface area contributed by atoms with E-state index in [1.807, 2.05) is 0 Å². The molecule has 1 heterocycles. The van der Waals surface area contributed by atoms with Crippen molar-refractivity contribution >= 4 is 5.91 Å². The minimum absolute atomic E-state index is 0.136. The van der Waals surface area contributed by atoms with E-state index < -0.39 is 0 Å². The molecule has 0 spiro atoms. The van der Waals surface area contributed by atoms with Gasteiger partial charge in [-0.3, -0.25) is 9.69 Å². The maximum atomic E-state index is 11.8. The topological polar surface area (TPSA) is 58.4 Å². The van der Waals surface area contributed by atoms with E-state index in [4.69, 9.17) is 5.73 Å². The molecule has 1 saturated heterocycles. The monoisotopic (exact) mass is 255 g/mol. The van der Waals surface area contributed by atoms with Gasteiger partial charge in [-0.05, 0) is 31.2 Å². The summed E-state index contributed by atoms with van der Waals surface area (Å²) in [4.78, 5) is 14.1. The van der Waals surface area contributed by atoms with Crippen LogP contribution in [0.25, 0.3) is 0 Å². The first-order valence-corrected chi connectivity index (χ1v) is 7.27. The standard InChI is InChI=1S/C14H29N3O/c1-4-12-5-6-17(13(7-12)8-15)10-14(18)16-9-11(2)3/h11-13H,4-10,15H2,1-3H3,(H,16,18). The second-order valence-electron chi connectivity index (χ2n) is 5.86. The van der Waals surface area contributed by atoms with E-state index in [1.54, 1.807) is 0 Å². The molecule has 4 heteroatoms. The van der Waals surface area contributed by atoms with Crippen LogP contribution in [0.4, 0.5) is 0 Å².